The minimum atomic E-state index is -3.42. The average Bonchev–Trinajstić information content (AvgIpc) is 2.39. The van der Waals surface area contributed by atoms with Crippen LogP contribution < -0.4 is 0 Å². The molecular formula is C15H24BrNO2S. The van der Waals surface area contributed by atoms with Gasteiger partial charge in [-0.3, -0.25) is 0 Å². The lowest BCUT2D eigenvalue weighted by atomic mass is 10.1. The van der Waals surface area contributed by atoms with Crippen molar-refractivity contribution in [3.05, 3.63) is 28.7 Å². The van der Waals surface area contributed by atoms with Crippen molar-refractivity contribution in [2.24, 2.45) is 5.92 Å². The van der Waals surface area contributed by atoms with Crippen LogP contribution in [0.2, 0.25) is 0 Å². The van der Waals surface area contributed by atoms with Gasteiger partial charge in [0, 0.05) is 17.1 Å². The van der Waals surface area contributed by atoms with E-state index in [4.69, 9.17) is 0 Å². The van der Waals surface area contributed by atoms with Crippen LogP contribution in [-0.4, -0.2) is 25.3 Å². The van der Waals surface area contributed by atoms with Crippen LogP contribution in [0.3, 0.4) is 0 Å². The lowest BCUT2D eigenvalue weighted by molar-refractivity contribution is 0.277. The predicted octanol–water partition coefficient (Wildman–Crippen LogP) is 4.28. The second-order valence-electron chi connectivity index (χ2n) is 5.39. The summed E-state index contributed by atoms with van der Waals surface area (Å²) < 4.78 is 28.2. The molecule has 0 aliphatic carbocycles. The molecular weight excluding hydrogens is 338 g/mol. The van der Waals surface area contributed by atoms with E-state index in [0.717, 1.165) is 17.3 Å². The Kier molecular flexibility index (Phi) is 6.69. The number of benzene rings is 1. The standard InChI is InChI=1S/C15H24BrNO2S/c1-5-14(6-2)17(11-12(3)4)20(18,19)15-9-7-13(16)8-10-15/h7-10,12,14H,5-6,11H2,1-4H3. The molecule has 3 nitrogen and oxygen atoms in total. The zero-order valence-electron chi connectivity index (χ0n) is 12.6. The van der Waals surface area contributed by atoms with Crippen LogP contribution in [0.25, 0.3) is 0 Å². The maximum atomic E-state index is 12.8. The zero-order valence-corrected chi connectivity index (χ0v) is 15.0. The minimum absolute atomic E-state index is 0.0612. The normalized spacial score (nSPS) is 12.6. The van der Waals surface area contributed by atoms with Gasteiger partial charge >= 0.3 is 0 Å². The Morgan fingerprint density at radius 1 is 1.10 bits per heavy atom. The number of hydrogen-bond donors (Lipinski definition) is 0. The van der Waals surface area contributed by atoms with E-state index in [9.17, 15) is 8.42 Å². The van der Waals surface area contributed by atoms with Gasteiger partial charge in [-0.1, -0.05) is 43.6 Å². The van der Waals surface area contributed by atoms with Crippen molar-refractivity contribution in [1.82, 2.24) is 4.31 Å². The molecule has 0 radical (unpaired) electrons. The fourth-order valence-corrected chi connectivity index (χ4v) is 4.44. The van der Waals surface area contributed by atoms with Crippen LogP contribution >= 0.6 is 15.9 Å². The van der Waals surface area contributed by atoms with Crippen LogP contribution in [0.15, 0.2) is 33.6 Å². The molecule has 20 heavy (non-hydrogen) atoms. The van der Waals surface area contributed by atoms with Crippen LogP contribution in [-0.2, 0) is 10.0 Å². The van der Waals surface area contributed by atoms with Gasteiger partial charge < -0.3 is 0 Å². The topological polar surface area (TPSA) is 37.4 Å². The smallest absolute Gasteiger partial charge is 0.207 e. The summed E-state index contributed by atoms with van der Waals surface area (Å²) in [5.41, 5.74) is 0. The summed E-state index contributed by atoms with van der Waals surface area (Å²) in [6.45, 7) is 8.74. The number of hydrogen-bond acceptors (Lipinski definition) is 2. The zero-order chi connectivity index (χ0) is 15.3. The Bertz CT molecular complexity index is 507. The Hall–Kier alpha value is -0.390. The second kappa shape index (κ2) is 7.57. The maximum absolute atomic E-state index is 12.8. The summed E-state index contributed by atoms with van der Waals surface area (Å²) in [7, 11) is -3.42. The van der Waals surface area contributed by atoms with Crippen molar-refractivity contribution in [2.75, 3.05) is 6.54 Å². The van der Waals surface area contributed by atoms with E-state index in [2.05, 4.69) is 15.9 Å². The predicted molar refractivity (Wildman–Crippen MR) is 87.2 cm³/mol. The van der Waals surface area contributed by atoms with Crippen LogP contribution in [0, 0.1) is 5.92 Å². The van der Waals surface area contributed by atoms with Crippen molar-refractivity contribution >= 4 is 26.0 Å². The highest BCUT2D eigenvalue weighted by Crippen LogP contribution is 2.24. The van der Waals surface area contributed by atoms with Gasteiger partial charge in [-0.05, 0) is 43.0 Å². The molecule has 0 unspecified atom stereocenters. The Balaban J connectivity index is 3.19. The third-order valence-electron chi connectivity index (χ3n) is 3.32. The number of rotatable bonds is 7. The highest BCUT2D eigenvalue weighted by molar-refractivity contribution is 9.10. The molecule has 0 aliphatic rings. The molecule has 0 bridgehead atoms. The molecule has 0 saturated carbocycles. The van der Waals surface area contributed by atoms with Crippen molar-refractivity contribution in [1.29, 1.82) is 0 Å². The van der Waals surface area contributed by atoms with E-state index in [1.807, 2.05) is 27.7 Å². The minimum Gasteiger partial charge on any atom is -0.207 e. The number of halogens is 1. The van der Waals surface area contributed by atoms with Crippen molar-refractivity contribution in [3.63, 3.8) is 0 Å². The summed E-state index contributed by atoms with van der Waals surface area (Å²) in [6.07, 6.45) is 1.66. The van der Waals surface area contributed by atoms with E-state index in [1.54, 1.807) is 28.6 Å². The summed E-state index contributed by atoms with van der Waals surface area (Å²) >= 11 is 3.34. The van der Waals surface area contributed by atoms with E-state index >= 15 is 0 Å². The maximum Gasteiger partial charge on any atom is 0.243 e. The van der Waals surface area contributed by atoms with Crippen LogP contribution in [0.4, 0.5) is 0 Å². The highest BCUT2D eigenvalue weighted by Gasteiger charge is 2.30. The monoisotopic (exact) mass is 361 g/mol. The molecule has 5 heteroatoms. The molecule has 0 fully saturated rings. The molecule has 0 aromatic heterocycles. The first-order chi connectivity index (χ1) is 9.32. The quantitative estimate of drug-likeness (QED) is 0.726. The molecule has 0 amide bonds. The van der Waals surface area contributed by atoms with E-state index < -0.39 is 10.0 Å². The fraction of sp³-hybridized carbons (Fsp3) is 0.600. The molecule has 114 valence electrons. The van der Waals surface area contributed by atoms with Crippen molar-refractivity contribution in [2.45, 2.75) is 51.5 Å². The lowest BCUT2D eigenvalue weighted by Crippen LogP contribution is -2.41. The van der Waals surface area contributed by atoms with Gasteiger partial charge in [-0.25, -0.2) is 8.42 Å². The molecule has 0 N–H and O–H groups in total. The van der Waals surface area contributed by atoms with Gasteiger partial charge in [0.05, 0.1) is 4.90 Å². The van der Waals surface area contributed by atoms with E-state index in [1.165, 1.54) is 0 Å². The molecule has 1 aromatic carbocycles. The van der Waals surface area contributed by atoms with Crippen LogP contribution in [0.5, 0.6) is 0 Å². The largest absolute Gasteiger partial charge is 0.243 e. The summed E-state index contributed by atoms with van der Waals surface area (Å²) in [5.74, 6) is 0.306. The molecule has 0 heterocycles. The molecule has 0 saturated heterocycles. The van der Waals surface area contributed by atoms with Gasteiger partial charge in [0.25, 0.3) is 0 Å². The molecule has 1 aromatic rings. The van der Waals surface area contributed by atoms with Crippen molar-refractivity contribution in [3.8, 4) is 0 Å². The Morgan fingerprint density at radius 3 is 2.00 bits per heavy atom. The van der Waals surface area contributed by atoms with Gasteiger partial charge in [-0.2, -0.15) is 4.31 Å². The van der Waals surface area contributed by atoms with Crippen LogP contribution in [0.1, 0.15) is 40.5 Å². The van der Waals surface area contributed by atoms with Gasteiger partial charge in [0.15, 0.2) is 0 Å². The molecule has 0 atom stereocenters. The first-order valence-electron chi connectivity index (χ1n) is 7.10. The second-order valence-corrected chi connectivity index (χ2v) is 8.20. The third-order valence-corrected chi connectivity index (χ3v) is 5.78. The summed E-state index contributed by atoms with van der Waals surface area (Å²) in [6, 6.07) is 6.93. The number of sulfonamides is 1. The Labute approximate surface area is 131 Å². The highest BCUT2D eigenvalue weighted by atomic mass is 79.9. The van der Waals surface area contributed by atoms with Crippen molar-refractivity contribution < 1.29 is 8.42 Å². The van der Waals surface area contributed by atoms with E-state index in [0.29, 0.717) is 17.4 Å². The van der Waals surface area contributed by atoms with E-state index in [-0.39, 0.29) is 6.04 Å². The molecule has 0 aliphatic heterocycles. The fourth-order valence-electron chi connectivity index (χ4n) is 2.24. The van der Waals surface area contributed by atoms with Gasteiger partial charge in [0.1, 0.15) is 0 Å². The molecule has 0 spiro atoms. The SMILES string of the molecule is CCC(CC)N(CC(C)C)S(=O)(=O)c1ccc(Br)cc1. The Morgan fingerprint density at radius 2 is 1.60 bits per heavy atom. The third kappa shape index (κ3) is 4.30. The summed E-state index contributed by atoms with van der Waals surface area (Å²) in [4.78, 5) is 0.369. The summed E-state index contributed by atoms with van der Waals surface area (Å²) in [5, 5.41) is 0. The van der Waals surface area contributed by atoms with Gasteiger partial charge in [0.2, 0.25) is 10.0 Å². The first-order valence-corrected chi connectivity index (χ1v) is 9.33. The first kappa shape index (κ1) is 17.7. The number of nitrogens with zero attached hydrogens (tertiary/aromatic N) is 1. The lowest BCUT2D eigenvalue weighted by Gasteiger charge is -2.31. The average molecular weight is 362 g/mol. The molecule has 1 rings (SSSR count). The van der Waals surface area contributed by atoms with Gasteiger partial charge in [-0.15, -0.1) is 0 Å².